The maximum Gasteiger partial charge on any atom is 0.325 e. The Morgan fingerprint density at radius 2 is 1.79 bits per heavy atom. The topological polar surface area (TPSA) is 113 Å². The van der Waals surface area contributed by atoms with E-state index in [-0.39, 0.29) is 18.0 Å². The van der Waals surface area contributed by atoms with Gasteiger partial charge in [-0.25, -0.2) is 14.8 Å². The predicted octanol–water partition coefficient (Wildman–Crippen LogP) is 4.84. The van der Waals surface area contributed by atoms with Gasteiger partial charge in [-0.1, -0.05) is 56.7 Å². The van der Waals surface area contributed by atoms with E-state index in [1.54, 1.807) is 6.20 Å². The molecule has 2 aliphatic heterocycles. The van der Waals surface area contributed by atoms with Gasteiger partial charge in [-0.2, -0.15) is 0 Å². The van der Waals surface area contributed by atoms with Crippen molar-refractivity contribution in [3.63, 3.8) is 0 Å². The zero-order valence-corrected chi connectivity index (χ0v) is 21.8. The molecule has 9 nitrogen and oxygen atoms in total. The van der Waals surface area contributed by atoms with E-state index in [0.29, 0.717) is 36.6 Å². The van der Waals surface area contributed by atoms with Gasteiger partial charge in [-0.3, -0.25) is 9.69 Å². The second-order valence-corrected chi connectivity index (χ2v) is 11.1. The number of rotatable bonds is 6. The average molecular weight is 517 g/mol. The molecule has 1 spiro atoms. The molecule has 6 rings (SSSR count). The summed E-state index contributed by atoms with van der Waals surface area (Å²) in [5.41, 5.74) is 7.51. The number of hydrogen-bond acceptors (Lipinski definition) is 7. The summed E-state index contributed by atoms with van der Waals surface area (Å²) in [6.45, 7) is 0.843. The van der Waals surface area contributed by atoms with E-state index in [9.17, 15) is 9.59 Å². The maximum atomic E-state index is 13.6. The van der Waals surface area contributed by atoms with Crippen LogP contribution in [0.25, 0.3) is 0 Å². The van der Waals surface area contributed by atoms with Crippen LogP contribution in [-0.2, 0) is 11.3 Å². The summed E-state index contributed by atoms with van der Waals surface area (Å²) in [6, 6.07) is 11.1. The van der Waals surface area contributed by atoms with E-state index in [4.69, 9.17) is 10.5 Å². The molecule has 1 atom stereocenters. The van der Waals surface area contributed by atoms with Crippen LogP contribution < -0.4 is 15.8 Å². The highest BCUT2D eigenvalue weighted by atomic mass is 16.5. The molecule has 1 saturated heterocycles. The zero-order chi connectivity index (χ0) is 26.1. The van der Waals surface area contributed by atoms with Crippen LogP contribution in [-0.4, -0.2) is 50.8 Å². The summed E-state index contributed by atoms with van der Waals surface area (Å²) in [5.74, 6) is 1.87. The Morgan fingerprint density at radius 1 is 1.05 bits per heavy atom. The van der Waals surface area contributed by atoms with Crippen molar-refractivity contribution < 1.29 is 14.3 Å². The number of amides is 3. The van der Waals surface area contributed by atoms with Gasteiger partial charge in [-0.05, 0) is 43.7 Å². The van der Waals surface area contributed by atoms with Crippen LogP contribution in [0.1, 0.15) is 69.8 Å². The molecule has 3 amide bonds. The Kier molecular flexibility index (Phi) is 6.68. The summed E-state index contributed by atoms with van der Waals surface area (Å²) in [7, 11) is 0. The van der Waals surface area contributed by atoms with Gasteiger partial charge in [0, 0.05) is 18.2 Å². The molecular formula is C29H36N6O3. The number of aliphatic imine (C=N–C) groups is 1. The van der Waals surface area contributed by atoms with Crippen molar-refractivity contribution in [1.82, 2.24) is 20.1 Å². The van der Waals surface area contributed by atoms with Crippen LogP contribution >= 0.6 is 0 Å². The summed E-state index contributed by atoms with van der Waals surface area (Å²) < 4.78 is 5.97. The van der Waals surface area contributed by atoms with E-state index in [1.807, 2.05) is 36.4 Å². The molecule has 0 radical (unpaired) electrons. The number of guanidine groups is 1. The molecule has 0 bridgehead atoms. The monoisotopic (exact) mass is 516 g/mol. The Labute approximate surface area is 223 Å². The normalized spacial score (nSPS) is 22.2. The van der Waals surface area contributed by atoms with Crippen molar-refractivity contribution in [3.05, 3.63) is 48.2 Å². The molecular weight excluding hydrogens is 480 g/mol. The van der Waals surface area contributed by atoms with Crippen LogP contribution in [0, 0.1) is 5.92 Å². The fourth-order valence-corrected chi connectivity index (χ4v) is 6.64. The Morgan fingerprint density at radius 3 is 2.55 bits per heavy atom. The van der Waals surface area contributed by atoms with Crippen molar-refractivity contribution in [2.75, 3.05) is 6.54 Å². The zero-order valence-electron chi connectivity index (χ0n) is 21.8. The number of carbonyl (C=O) groups is 2. The lowest BCUT2D eigenvalue weighted by molar-refractivity contribution is -0.133. The first-order valence-electron chi connectivity index (χ1n) is 14.0. The number of ether oxygens (including phenoxy) is 1. The van der Waals surface area contributed by atoms with E-state index in [1.165, 1.54) is 11.3 Å². The first kappa shape index (κ1) is 24.7. The quantitative estimate of drug-likeness (QED) is 0.531. The number of fused-ring (bicyclic) bond motifs is 1. The molecule has 0 unspecified atom stereocenters. The highest BCUT2D eigenvalue weighted by molar-refractivity contribution is 6.07. The van der Waals surface area contributed by atoms with Crippen molar-refractivity contribution in [2.45, 2.75) is 82.3 Å². The highest BCUT2D eigenvalue weighted by Gasteiger charge is 2.52. The Hall–Kier alpha value is -3.62. The summed E-state index contributed by atoms with van der Waals surface area (Å²) in [6.07, 6.45) is 11.8. The first-order valence-corrected chi connectivity index (χ1v) is 14.0. The molecule has 9 heteroatoms. The Bertz CT molecular complexity index is 1220. The summed E-state index contributed by atoms with van der Waals surface area (Å²) >= 11 is 0. The molecule has 3 fully saturated rings. The molecule has 1 aromatic heterocycles. The van der Waals surface area contributed by atoms with E-state index < -0.39 is 5.54 Å². The molecule has 3 N–H and O–H groups in total. The molecule has 200 valence electrons. The molecule has 38 heavy (non-hydrogen) atoms. The van der Waals surface area contributed by atoms with Gasteiger partial charge in [0.05, 0.1) is 24.5 Å². The molecule has 4 aliphatic rings. The Balaban J connectivity index is 1.27. The van der Waals surface area contributed by atoms with E-state index in [0.717, 1.165) is 69.0 Å². The van der Waals surface area contributed by atoms with E-state index in [2.05, 4.69) is 20.2 Å². The average Bonchev–Trinajstić information content (AvgIpc) is 3.16. The largest absolute Gasteiger partial charge is 0.439 e. The lowest BCUT2D eigenvalue weighted by Gasteiger charge is -2.42. The number of para-hydroxylation sites is 1. The number of carbonyl (C=O) groups excluding carboxylic acids is 2. The first-order chi connectivity index (χ1) is 18.5. The minimum Gasteiger partial charge on any atom is -0.439 e. The number of benzene rings is 1. The fraction of sp³-hybridized carbons (Fsp3) is 0.517. The van der Waals surface area contributed by atoms with Crippen LogP contribution in [0.3, 0.4) is 0 Å². The number of pyridine rings is 1. The molecule has 1 aromatic carbocycles. The number of nitrogens with two attached hydrogens (primary N) is 1. The third-order valence-electron chi connectivity index (χ3n) is 8.69. The number of aromatic nitrogens is 1. The molecule has 2 aromatic rings. The van der Waals surface area contributed by atoms with Crippen LogP contribution in [0.15, 0.2) is 47.6 Å². The van der Waals surface area contributed by atoms with Crippen molar-refractivity contribution in [2.24, 2.45) is 16.6 Å². The minimum atomic E-state index is -0.726. The maximum absolute atomic E-state index is 13.6. The third-order valence-corrected chi connectivity index (χ3v) is 8.69. The van der Waals surface area contributed by atoms with Gasteiger partial charge in [0.25, 0.3) is 5.91 Å². The minimum absolute atomic E-state index is 0.0707. The van der Waals surface area contributed by atoms with Crippen molar-refractivity contribution in [3.8, 4) is 11.6 Å². The number of nitrogens with one attached hydrogen (secondary N) is 1. The van der Waals surface area contributed by atoms with Crippen molar-refractivity contribution >= 4 is 23.6 Å². The highest BCUT2D eigenvalue weighted by Crippen LogP contribution is 2.38. The van der Waals surface area contributed by atoms with Crippen LogP contribution in [0.5, 0.6) is 11.6 Å². The van der Waals surface area contributed by atoms with Gasteiger partial charge in [0.2, 0.25) is 5.88 Å². The second-order valence-electron chi connectivity index (χ2n) is 11.1. The smallest absolute Gasteiger partial charge is 0.325 e. The summed E-state index contributed by atoms with van der Waals surface area (Å²) in [5, 5.41) is 3.07. The van der Waals surface area contributed by atoms with Gasteiger partial charge in [0.1, 0.15) is 11.3 Å². The fourth-order valence-electron chi connectivity index (χ4n) is 6.64. The molecule has 2 aliphatic carbocycles. The van der Waals surface area contributed by atoms with Gasteiger partial charge in [0.15, 0.2) is 5.96 Å². The van der Waals surface area contributed by atoms with Crippen molar-refractivity contribution in [1.29, 1.82) is 0 Å². The van der Waals surface area contributed by atoms with Crippen LogP contribution in [0.2, 0.25) is 0 Å². The molecule has 3 heterocycles. The van der Waals surface area contributed by atoms with Gasteiger partial charge in [-0.15, -0.1) is 0 Å². The predicted molar refractivity (Wildman–Crippen MR) is 144 cm³/mol. The molecule has 2 saturated carbocycles. The number of urea groups is 1. The SMILES string of the molecule is NC1=Nc2cnc(Oc3ccccc3)cc2CN1[C@@H](CN1C(=O)NC2(CCCCC2)C1=O)C1CCCCC1. The lowest BCUT2D eigenvalue weighted by Crippen LogP contribution is -2.55. The van der Waals surface area contributed by atoms with Gasteiger partial charge >= 0.3 is 6.03 Å². The standard InChI is InChI=1S/C29H36N6O3/c30-27-32-23-17-31-25(38-22-12-6-2-7-13-22)16-21(23)18-34(27)24(20-10-4-1-5-11-20)19-35-26(36)29(33-28(35)37)14-8-3-9-15-29/h2,6-7,12-13,16-17,20,24H,1,3-5,8-11,14-15,18-19H2,(H2,30,32)(H,33,37)/t24-/m0/s1. The summed E-state index contributed by atoms with van der Waals surface area (Å²) in [4.78, 5) is 39.4. The number of imide groups is 1. The third kappa shape index (κ3) is 4.70. The number of nitrogens with zero attached hydrogens (tertiary/aromatic N) is 4. The van der Waals surface area contributed by atoms with E-state index >= 15 is 0 Å². The lowest BCUT2D eigenvalue weighted by atomic mass is 9.81. The van der Waals surface area contributed by atoms with Crippen LogP contribution in [0.4, 0.5) is 10.5 Å². The van der Waals surface area contributed by atoms with Gasteiger partial charge < -0.3 is 20.7 Å². The second kappa shape index (κ2) is 10.3. The number of hydrogen-bond donors (Lipinski definition) is 2.